The van der Waals surface area contributed by atoms with Crippen LogP contribution in [0.4, 0.5) is 0 Å². The first-order valence-electron chi connectivity index (χ1n) is 10.6. The van der Waals surface area contributed by atoms with E-state index < -0.39 is 18.0 Å². The minimum Gasteiger partial charge on any atom is -0.494 e. The minimum atomic E-state index is -0.955. The van der Waals surface area contributed by atoms with Crippen molar-refractivity contribution in [2.24, 2.45) is 0 Å². The van der Waals surface area contributed by atoms with Crippen LogP contribution in [-0.2, 0) is 20.7 Å². The molecule has 0 bridgehead atoms. The molecule has 31 heavy (non-hydrogen) atoms. The Bertz CT molecular complexity index is 926. The predicted molar refractivity (Wildman–Crippen MR) is 116 cm³/mol. The number of ether oxygens (including phenoxy) is 2. The van der Waals surface area contributed by atoms with Gasteiger partial charge in [0.15, 0.2) is 6.10 Å². The maximum Gasteiger partial charge on any atom is 0.326 e. The first-order valence-corrected chi connectivity index (χ1v) is 10.6. The second-order valence-electron chi connectivity index (χ2n) is 7.42. The summed E-state index contributed by atoms with van der Waals surface area (Å²) in [6, 6.07) is 14.6. The molecule has 0 fully saturated rings. The summed E-state index contributed by atoms with van der Waals surface area (Å²) in [4.78, 5) is 36.8. The molecule has 0 unspecified atom stereocenters. The van der Waals surface area contributed by atoms with Crippen molar-refractivity contribution in [1.82, 2.24) is 10.6 Å². The van der Waals surface area contributed by atoms with E-state index in [2.05, 4.69) is 16.7 Å². The van der Waals surface area contributed by atoms with Crippen LogP contribution >= 0.6 is 0 Å². The van der Waals surface area contributed by atoms with Crippen molar-refractivity contribution in [3.8, 4) is 5.75 Å². The number of hydrogen-bond donors (Lipinski definition) is 2. The van der Waals surface area contributed by atoms with Gasteiger partial charge >= 0.3 is 5.97 Å². The van der Waals surface area contributed by atoms with Gasteiger partial charge in [0.25, 0.3) is 11.8 Å². The number of fused-ring (bicyclic) bond motifs is 1. The van der Waals surface area contributed by atoms with Gasteiger partial charge in [-0.15, -0.1) is 0 Å². The molecule has 2 N–H and O–H groups in total. The zero-order valence-electron chi connectivity index (χ0n) is 17.9. The third-order valence-electron chi connectivity index (χ3n) is 5.18. The lowest BCUT2D eigenvalue weighted by atomic mass is 9.87. The quantitative estimate of drug-likeness (QED) is 0.636. The monoisotopic (exact) mass is 424 g/mol. The van der Waals surface area contributed by atoms with E-state index in [4.69, 9.17) is 9.47 Å². The van der Waals surface area contributed by atoms with E-state index in [0.717, 1.165) is 24.8 Å². The minimum absolute atomic E-state index is 0.0852. The molecule has 0 radical (unpaired) electrons. The number of benzene rings is 2. The highest BCUT2D eigenvalue weighted by molar-refractivity contribution is 5.96. The number of rotatable bonds is 8. The van der Waals surface area contributed by atoms with Gasteiger partial charge in [0.05, 0.1) is 12.6 Å². The lowest BCUT2D eigenvalue weighted by molar-refractivity contribution is -0.154. The van der Waals surface area contributed by atoms with E-state index in [1.807, 2.05) is 25.1 Å². The molecule has 0 saturated heterocycles. The molecule has 1 aliphatic carbocycles. The van der Waals surface area contributed by atoms with Crippen LogP contribution in [-0.4, -0.2) is 37.0 Å². The summed E-state index contributed by atoms with van der Waals surface area (Å²) in [6.07, 6.45) is 1.89. The van der Waals surface area contributed by atoms with Crippen LogP contribution in [0.3, 0.4) is 0 Å². The van der Waals surface area contributed by atoms with E-state index >= 15 is 0 Å². The number of esters is 1. The Morgan fingerprint density at radius 3 is 2.58 bits per heavy atom. The highest BCUT2D eigenvalue weighted by Crippen LogP contribution is 2.29. The fraction of sp³-hybridized carbons (Fsp3) is 0.375. The molecular weight excluding hydrogens is 396 g/mol. The summed E-state index contributed by atoms with van der Waals surface area (Å²) in [5.74, 6) is -0.770. The van der Waals surface area contributed by atoms with Gasteiger partial charge in [-0.05, 0) is 68.5 Å². The Balaban J connectivity index is 1.46. The van der Waals surface area contributed by atoms with Gasteiger partial charge in [0.2, 0.25) is 0 Å². The van der Waals surface area contributed by atoms with Crippen LogP contribution in [0, 0.1) is 0 Å². The average Bonchev–Trinajstić information content (AvgIpc) is 2.78. The smallest absolute Gasteiger partial charge is 0.326 e. The van der Waals surface area contributed by atoms with Crippen LogP contribution in [0.2, 0.25) is 0 Å². The summed E-state index contributed by atoms with van der Waals surface area (Å²) in [7, 11) is 0. The Hall–Kier alpha value is -3.35. The van der Waals surface area contributed by atoms with Crippen LogP contribution < -0.4 is 15.4 Å². The molecule has 2 amide bonds. The molecule has 7 nitrogen and oxygen atoms in total. The second kappa shape index (κ2) is 10.6. The van der Waals surface area contributed by atoms with Gasteiger partial charge in [0.1, 0.15) is 12.3 Å². The van der Waals surface area contributed by atoms with E-state index in [1.165, 1.54) is 12.5 Å². The maximum atomic E-state index is 12.5. The summed E-state index contributed by atoms with van der Waals surface area (Å²) in [5.41, 5.74) is 2.75. The third kappa shape index (κ3) is 6.07. The van der Waals surface area contributed by atoms with Gasteiger partial charge in [-0.25, -0.2) is 0 Å². The van der Waals surface area contributed by atoms with Gasteiger partial charge in [0, 0.05) is 5.56 Å². The van der Waals surface area contributed by atoms with Crippen molar-refractivity contribution in [3.63, 3.8) is 0 Å². The topological polar surface area (TPSA) is 93.7 Å². The molecule has 0 aliphatic heterocycles. The summed E-state index contributed by atoms with van der Waals surface area (Å²) < 4.78 is 10.5. The van der Waals surface area contributed by atoms with Crippen LogP contribution in [0.5, 0.6) is 5.75 Å². The Morgan fingerprint density at radius 2 is 1.84 bits per heavy atom. The van der Waals surface area contributed by atoms with Gasteiger partial charge in [-0.3, -0.25) is 14.4 Å². The number of aryl methyl sites for hydroxylation is 1. The molecule has 0 heterocycles. The molecule has 0 spiro atoms. The van der Waals surface area contributed by atoms with E-state index in [-0.39, 0.29) is 18.5 Å². The lowest BCUT2D eigenvalue weighted by Crippen LogP contribution is -2.41. The molecule has 2 aromatic rings. The van der Waals surface area contributed by atoms with Gasteiger partial charge < -0.3 is 20.1 Å². The second-order valence-corrected chi connectivity index (χ2v) is 7.42. The molecule has 164 valence electrons. The molecule has 1 aliphatic rings. The highest BCUT2D eigenvalue weighted by Gasteiger charge is 2.25. The zero-order chi connectivity index (χ0) is 22.2. The van der Waals surface area contributed by atoms with Crippen LogP contribution in [0.25, 0.3) is 0 Å². The van der Waals surface area contributed by atoms with E-state index in [9.17, 15) is 14.4 Å². The fourth-order valence-electron chi connectivity index (χ4n) is 3.61. The Morgan fingerprint density at radius 1 is 1.10 bits per heavy atom. The Labute approximate surface area is 182 Å². The third-order valence-corrected chi connectivity index (χ3v) is 5.18. The Kier molecular flexibility index (Phi) is 7.65. The molecule has 2 atom stereocenters. The fourth-order valence-corrected chi connectivity index (χ4v) is 3.61. The molecule has 3 rings (SSSR count). The molecule has 0 saturated carbocycles. The lowest BCUT2D eigenvalue weighted by Gasteiger charge is -2.27. The highest BCUT2D eigenvalue weighted by atomic mass is 16.5. The number of amides is 2. The van der Waals surface area contributed by atoms with Crippen LogP contribution in [0.15, 0.2) is 48.5 Å². The van der Waals surface area contributed by atoms with E-state index in [0.29, 0.717) is 17.9 Å². The first kappa shape index (κ1) is 22.3. The summed E-state index contributed by atoms with van der Waals surface area (Å²) in [6.45, 7) is 3.62. The standard InChI is InChI=1S/C24H28N2O5/c1-3-30-19-13-11-18(12-14-19)24(29)25-15-22(27)31-16(2)23(28)26-21-10-6-8-17-7-4-5-9-20(17)21/h4-5,7,9,11-14,16,21H,3,6,8,10,15H2,1-2H3,(H,25,29)(H,26,28)/t16-,21+/m0/s1. The van der Waals surface area contributed by atoms with Crippen molar-refractivity contribution in [2.75, 3.05) is 13.2 Å². The zero-order valence-corrected chi connectivity index (χ0v) is 17.9. The normalized spacial score (nSPS) is 15.9. The van der Waals surface area contributed by atoms with E-state index in [1.54, 1.807) is 24.3 Å². The largest absolute Gasteiger partial charge is 0.494 e. The first-order chi connectivity index (χ1) is 15.0. The summed E-state index contributed by atoms with van der Waals surface area (Å²) >= 11 is 0. The number of nitrogens with one attached hydrogen (secondary N) is 2. The number of hydrogen-bond acceptors (Lipinski definition) is 5. The summed E-state index contributed by atoms with van der Waals surface area (Å²) in [5, 5.41) is 5.47. The molecular formula is C24H28N2O5. The van der Waals surface area contributed by atoms with Gasteiger partial charge in [-0.1, -0.05) is 24.3 Å². The number of carbonyl (C=O) groups excluding carboxylic acids is 3. The van der Waals surface area contributed by atoms with Crippen LogP contribution in [0.1, 0.15) is 54.2 Å². The van der Waals surface area contributed by atoms with Crippen molar-refractivity contribution in [2.45, 2.75) is 45.3 Å². The SMILES string of the molecule is CCOc1ccc(C(=O)NCC(=O)O[C@@H](C)C(=O)N[C@@H]2CCCc3ccccc32)cc1. The number of carbonyl (C=O) groups is 3. The average molecular weight is 424 g/mol. The molecule has 2 aromatic carbocycles. The van der Waals surface area contributed by atoms with Crippen molar-refractivity contribution in [3.05, 3.63) is 65.2 Å². The van der Waals surface area contributed by atoms with Gasteiger partial charge in [-0.2, -0.15) is 0 Å². The van der Waals surface area contributed by atoms with Crippen molar-refractivity contribution < 1.29 is 23.9 Å². The maximum absolute atomic E-state index is 12.5. The molecule has 0 aromatic heterocycles. The van der Waals surface area contributed by atoms with Crippen molar-refractivity contribution >= 4 is 17.8 Å². The molecule has 7 heteroatoms. The van der Waals surface area contributed by atoms with Crippen molar-refractivity contribution in [1.29, 1.82) is 0 Å². The predicted octanol–water partition coefficient (Wildman–Crippen LogP) is 2.94.